The Kier molecular flexibility index (Phi) is 6.14. The second kappa shape index (κ2) is 9.52. The third kappa shape index (κ3) is 4.58. The minimum atomic E-state index is -0.451. The number of nitrogens with zero attached hydrogens (tertiary/aromatic N) is 1. The molecule has 34 heavy (non-hydrogen) atoms. The van der Waals surface area contributed by atoms with Gasteiger partial charge in [0.05, 0.1) is 28.0 Å². The minimum Gasteiger partial charge on any atom is -0.495 e. The van der Waals surface area contributed by atoms with Crippen LogP contribution in [0.2, 0.25) is 0 Å². The number of thiazole rings is 1. The summed E-state index contributed by atoms with van der Waals surface area (Å²) < 4.78 is 17.6. The van der Waals surface area contributed by atoms with E-state index in [1.807, 2.05) is 54.6 Å². The van der Waals surface area contributed by atoms with Crippen LogP contribution in [0.4, 0.5) is 5.69 Å². The maximum absolute atomic E-state index is 12.4. The van der Waals surface area contributed by atoms with Gasteiger partial charge in [-0.25, -0.2) is 4.98 Å². The number of fused-ring (bicyclic) bond motifs is 4. The summed E-state index contributed by atoms with van der Waals surface area (Å²) in [6.07, 6.45) is 1.52. The fraction of sp³-hybridized carbons (Fsp3) is 0.192. The zero-order valence-corrected chi connectivity index (χ0v) is 19.3. The predicted molar refractivity (Wildman–Crippen MR) is 132 cm³/mol. The number of para-hydroxylation sites is 2. The number of carbonyl (C=O) groups is 2. The largest absolute Gasteiger partial charge is 0.495 e. The van der Waals surface area contributed by atoms with Crippen molar-refractivity contribution in [1.82, 2.24) is 4.98 Å². The molecule has 0 aliphatic carbocycles. The van der Waals surface area contributed by atoms with Gasteiger partial charge in [0.25, 0.3) is 5.91 Å². The summed E-state index contributed by atoms with van der Waals surface area (Å²) in [5, 5.41) is 5.59. The number of benzene rings is 3. The molecule has 7 nitrogen and oxygen atoms in total. The molecule has 0 aliphatic heterocycles. The highest BCUT2D eigenvalue weighted by molar-refractivity contribution is 7.18. The van der Waals surface area contributed by atoms with Gasteiger partial charge in [0, 0.05) is 23.3 Å². The number of hydrogen-bond acceptors (Lipinski definition) is 7. The lowest BCUT2D eigenvalue weighted by Crippen LogP contribution is -2.21. The monoisotopic (exact) mass is 474 g/mol. The van der Waals surface area contributed by atoms with E-state index in [0.29, 0.717) is 29.9 Å². The molecular weight excluding hydrogens is 452 g/mol. The smallest absolute Gasteiger partial charge is 0.306 e. The third-order valence-corrected chi connectivity index (χ3v) is 6.54. The quantitative estimate of drug-likeness (QED) is 0.290. The lowest BCUT2D eigenvalue weighted by Gasteiger charge is -2.10. The van der Waals surface area contributed by atoms with Crippen LogP contribution in [0.1, 0.15) is 17.8 Å². The molecule has 5 aromatic rings. The summed E-state index contributed by atoms with van der Waals surface area (Å²) in [5.74, 6) is -0.376. The van der Waals surface area contributed by atoms with Crippen LogP contribution >= 0.6 is 11.3 Å². The number of rotatable bonds is 8. The highest BCUT2D eigenvalue weighted by Crippen LogP contribution is 2.36. The molecule has 172 valence electrons. The standard InChI is InChI=1S/C26H22N2O5S/c1-31-22-13-17-16-7-2-4-9-20(16)33-21(17)14-19(22)27-24(29)15-32-26(30)12-6-11-25-28-18-8-3-5-10-23(18)34-25/h2-5,7-10,13-14H,6,11-12,15H2,1H3,(H,27,29). The van der Waals surface area contributed by atoms with Crippen LogP contribution in [-0.2, 0) is 20.7 Å². The summed E-state index contributed by atoms with van der Waals surface area (Å²) >= 11 is 1.63. The molecule has 0 bridgehead atoms. The minimum absolute atomic E-state index is 0.220. The Labute approximate surface area is 199 Å². The van der Waals surface area contributed by atoms with Gasteiger partial charge in [-0.15, -0.1) is 11.3 Å². The number of anilines is 1. The summed E-state index contributed by atoms with van der Waals surface area (Å²) in [5.41, 5.74) is 2.80. The maximum atomic E-state index is 12.4. The van der Waals surface area contributed by atoms with Crippen molar-refractivity contribution < 1.29 is 23.5 Å². The molecule has 0 saturated heterocycles. The molecule has 8 heteroatoms. The Bertz CT molecular complexity index is 1470. The van der Waals surface area contributed by atoms with Gasteiger partial charge >= 0.3 is 5.97 Å². The molecule has 0 radical (unpaired) electrons. The van der Waals surface area contributed by atoms with E-state index in [-0.39, 0.29) is 13.0 Å². The normalized spacial score (nSPS) is 11.2. The SMILES string of the molecule is COc1cc2c(cc1NC(=O)COC(=O)CCCc1nc3ccccc3s1)oc1ccccc12. The predicted octanol–water partition coefficient (Wildman–Crippen LogP) is 5.71. The molecule has 2 aromatic heterocycles. The van der Waals surface area contributed by atoms with Crippen LogP contribution in [-0.4, -0.2) is 30.6 Å². The van der Waals surface area contributed by atoms with Crippen molar-refractivity contribution in [3.63, 3.8) is 0 Å². The second-order valence-electron chi connectivity index (χ2n) is 7.78. The van der Waals surface area contributed by atoms with Gasteiger partial charge in [0.1, 0.15) is 16.9 Å². The number of aromatic nitrogens is 1. The van der Waals surface area contributed by atoms with Crippen molar-refractivity contribution in [2.45, 2.75) is 19.3 Å². The van der Waals surface area contributed by atoms with E-state index in [9.17, 15) is 9.59 Å². The van der Waals surface area contributed by atoms with Crippen LogP contribution in [0.15, 0.2) is 65.1 Å². The molecular formula is C26H22N2O5S. The summed E-state index contributed by atoms with van der Waals surface area (Å²) in [6, 6.07) is 19.2. The van der Waals surface area contributed by atoms with Gasteiger partial charge in [-0.3, -0.25) is 9.59 Å². The van der Waals surface area contributed by atoms with Gasteiger partial charge in [0.15, 0.2) is 6.61 Å². The van der Waals surface area contributed by atoms with E-state index in [4.69, 9.17) is 13.9 Å². The number of esters is 1. The first kappa shape index (κ1) is 21.9. The molecule has 0 spiro atoms. The number of nitrogens with one attached hydrogen (secondary N) is 1. The van der Waals surface area contributed by atoms with Gasteiger partial charge in [-0.1, -0.05) is 30.3 Å². The number of methoxy groups -OCH3 is 1. The molecule has 0 atom stereocenters. The number of aryl methyl sites for hydroxylation is 1. The zero-order valence-electron chi connectivity index (χ0n) is 18.5. The topological polar surface area (TPSA) is 90.7 Å². The summed E-state index contributed by atoms with van der Waals surface area (Å²) in [7, 11) is 1.53. The Morgan fingerprint density at radius 1 is 1.03 bits per heavy atom. The summed E-state index contributed by atoms with van der Waals surface area (Å²) in [6.45, 7) is -0.374. The van der Waals surface area contributed by atoms with Crippen molar-refractivity contribution in [2.75, 3.05) is 19.0 Å². The highest BCUT2D eigenvalue weighted by Gasteiger charge is 2.15. The second-order valence-corrected chi connectivity index (χ2v) is 8.90. The Morgan fingerprint density at radius 3 is 2.71 bits per heavy atom. The third-order valence-electron chi connectivity index (χ3n) is 5.45. The van der Waals surface area contributed by atoms with E-state index >= 15 is 0 Å². The molecule has 0 fully saturated rings. The average Bonchev–Trinajstić information content (AvgIpc) is 3.42. The number of ether oxygens (including phenoxy) is 2. The van der Waals surface area contributed by atoms with Crippen LogP contribution in [0, 0.1) is 0 Å². The molecule has 5 rings (SSSR count). The molecule has 0 saturated carbocycles. The number of hydrogen-bond donors (Lipinski definition) is 1. The van der Waals surface area contributed by atoms with E-state index in [2.05, 4.69) is 10.3 Å². The summed E-state index contributed by atoms with van der Waals surface area (Å²) in [4.78, 5) is 29.1. The van der Waals surface area contributed by atoms with E-state index in [1.165, 1.54) is 7.11 Å². The fourth-order valence-electron chi connectivity index (χ4n) is 3.83. The van der Waals surface area contributed by atoms with Crippen LogP contribution < -0.4 is 10.1 Å². The molecule has 1 N–H and O–H groups in total. The molecule has 3 aromatic carbocycles. The van der Waals surface area contributed by atoms with Crippen molar-refractivity contribution in [1.29, 1.82) is 0 Å². The first-order valence-electron chi connectivity index (χ1n) is 10.9. The molecule has 0 aliphatic rings. The maximum Gasteiger partial charge on any atom is 0.306 e. The van der Waals surface area contributed by atoms with E-state index in [1.54, 1.807) is 17.4 Å². The lowest BCUT2D eigenvalue weighted by atomic mass is 10.1. The first-order valence-corrected chi connectivity index (χ1v) is 11.7. The van der Waals surface area contributed by atoms with Gasteiger partial charge in [-0.05, 0) is 37.1 Å². The zero-order chi connectivity index (χ0) is 23.5. The Balaban J connectivity index is 1.15. The van der Waals surface area contributed by atoms with Crippen molar-refractivity contribution >= 4 is 61.1 Å². The molecule has 2 heterocycles. The van der Waals surface area contributed by atoms with E-state index < -0.39 is 11.9 Å². The number of furan rings is 1. The highest BCUT2D eigenvalue weighted by atomic mass is 32.1. The van der Waals surface area contributed by atoms with Gasteiger partial charge in [-0.2, -0.15) is 0 Å². The first-order chi connectivity index (χ1) is 16.6. The van der Waals surface area contributed by atoms with Crippen molar-refractivity contribution in [3.8, 4) is 5.75 Å². The fourth-order valence-corrected chi connectivity index (χ4v) is 4.84. The lowest BCUT2D eigenvalue weighted by molar-refractivity contribution is -0.147. The van der Waals surface area contributed by atoms with E-state index in [0.717, 1.165) is 31.6 Å². The number of amides is 1. The van der Waals surface area contributed by atoms with Crippen molar-refractivity contribution in [3.05, 3.63) is 65.7 Å². The Hall–Kier alpha value is -3.91. The molecule has 1 amide bonds. The molecule has 0 unspecified atom stereocenters. The van der Waals surface area contributed by atoms with Crippen LogP contribution in [0.5, 0.6) is 5.75 Å². The van der Waals surface area contributed by atoms with Crippen LogP contribution in [0.25, 0.3) is 32.2 Å². The average molecular weight is 475 g/mol. The Morgan fingerprint density at radius 2 is 1.85 bits per heavy atom. The van der Waals surface area contributed by atoms with Crippen LogP contribution in [0.3, 0.4) is 0 Å². The number of carbonyl (C=O) groups excluding carboxylic acids is 2. The van der Waals surface area contributed by atoms with Gasteiger partial charge in [0.2, 0.25) is 0 Å². The van der Waals surface area contributed by atoms with Gasteiger partial charge < -0.3 is 19.2 Å². The van der Waals surface area contributed by atoms with Crippen molar-refractivity contribution in [2.24, 2.45) is 0 Å².